The number of fused-ring (bicyclic) bond motifs is 2. The molecule has 0 aliphatic carbocycles. The van der Waals surface area contributed by atoms with Crippen molar-refractivity contribution in [3.8, 4) is 0 Å². The van der Waals surface area contributed by atoms with Crippen LogP contribution in [0.5, 0.6) is 0 Å². The predicted molar refractivity (Wildman–Crippen MR) is 118 cm³/mol. The van der Waals surface area contributed by atoms with E-state index in [4.69, 9.17) is 9.47 Å². The lowest BCUT2D eigenvalue weighted by molar-refractivity contribution is 0.0708. The maximum absolute atomic E-state index is 13.4. The first kappa shape index (κ1) is 19.8. The molecule has 1 atom stereocenters. The monoisotopic (exact) mass is 433 g/mol. The number of allylic oxidation sites excluding steroid dienone is 1. The highest BCUT2D eigenvalue weighted by Crippen LogP contribution is 2.25. The van der Waals surface area contributed by atoms with Crippen molar-refractivity contribution in [2.45, 2.75) is 26.3 Å². The van der Waals surface area contributed by atoms with Gasteiger partial charge in [0.2, 0.25) is 17.7 Å². The molecular formula is C23H19N3O6. The van der Waals surface area contributed by atoms with Crippen molar-refractivity contribution in [2.75, 3.05) is 6.79 Å². The maximum atomic E-state index is 13.4. The summed E-state index contributed by atoms with van der Waals surface area (Å²) in [5.74, 6) is 0.276. The van der Waals surface area contributed by atoms with Crippen LogP contribution in [-0.2, 0) is 15.9 Å². The van der Waals surface area contributed by atoms with Crippen LogP contribution in [0.3, 0.4) is 0 Å². The lowest BCUT2D eigenvalue weighted by atomic mass is 10.0. The molecule has 0 saturated carbocycles. The fourth-order valence-corrected chi connectivity index (χ4v) is 4.11. The Labute approximate surface area is 179 Å². The van der Waals surface area contributed by atoms with E-state index in [1.807, 2.05) is 30.3 Å². The molecule has 3 heterocycles. The van der Waals surface area contributed by atoms with Gasteiger partial charge in [-0.25, -0.2) is 0 Å². The summed E-state index contributed by atoms with van der Waals surface area (Å²) >= 11 is 0. The Morgan fingerprint density at radius 3 is 1.97 bits per heavy atom. The van der Waals surface area contributed by atoms with Crippen molar-refractivity contribution in [3.05, 3.63) is 100 Å². The zero-order chi connectivity index (χ0) is 22.6. The van der Waals surface area contributed by atoms with E-state index in [2.05, 4.69) is 9.97 Å². The fraction of sp³-hybridized carbons (Fsp3) is 0.217. The quantitative estimate of drug-likeness (QED) is 0.504. The van der Waals surface area contributed by atoms with E-state index in [-0.39, 0.29) is 30.0 Å². The summed E-state index contributed by atoms with van der Waals surface area (Å²) in [5, 5.41) is -0.837. The minimum absolute atomic E-state index is 0.0286. The van der Waals surface area contributed by atoms with Crippen LogP contribution in [0.15, 0.2) is 61.5 Å². The number of benzene rings is 2. The zero-order valence-electron chi connectivity index (χ0n) is 17.4. The first-order valence-corrected chi connectivity index (χ1v) is 10.0. The molecule has 2 N–H and O–H groups in total. The van der Waals surface area contributed by atoms with Gasteiger partial charge < -0.3 is 19.4 Å². The number of aromatic nitrogens is 3. The van der Waals surface area contributed by atoms with Gasteiger partial charge in [0.05, 0.1) is 0 Å². The number of nitrogens with zero attached hydrogens (tertiary/aromatic N) is 1. The van der Waals surface area contributed by atoms with Gasteiger partial charge in [-0.1, -0.05) is 30.3 Å². The lowest BCUT2D eigenvalue weighted by Gasteiger charge is -2.17. The molecule has 1 unspecified atom stereocenters. The molecule has 2 aromatic heterocycles. The molecule has 9 heteroatoms. The summed E-state index contributed by atoms with van der Waals surface area (Å²) in [4.78, 5) is 58.9. The molecule has 5 rings (SSSR count). The maximum Gasteiger partial charge on any atom is 0.266 e. The van der Waals surface area contributed by atoms with Gasteiger partial charge in [-0.2, -0.15) is 0 Å². The smallest absolute Gasteiger partial charge is 0.266 e. The highest BCUT2D eigenvalue weighted by molar-refractivity contribution is 5.94. The van der Waals surface area contributed by atoms with Crippen LogP contribution < -0.4 is 22.0 Å². The predicted octanol–water partition coefficient (Wildman–Crippen LogP) is 1.58. The van der Waals surface area contributed by atoms with Crippen molar-refractivity contribution in [1.82, 2.24) is 14.5 Å². The van der Waals surface area contributed by atoms with Crippen molar-refractivity contribution in [2.24, 2.45) is 0 Å². The Morgan fingerprint density at radius 2 is 1.47 bits per heavy atom. The minimum Gasteiger partial charge on any atom is -0.462 e. The van der Waals surface area contributed by atoms with E-state index < -0.39 is 38.8 Å². The molecule has 0 fully saturated rings. The van der Waals surface area contributed by atoms with E-state index in [1.54, 1.807) is 13.8 Å². The molecule has 0 radical (unpaired) electrons. The SMILES string of the molecule is Cc1[nH]c2c(=O)c3c(=O)n(C(Cc4ccccc4)C4=COCO4)c(=O)c3c(=O)c2[nH]c1C. The van der Waals surface area contributed by atoms with Crippen LogP contribution in [0.2, 0.25) is 0 Å². The topological polar surface area (TPSA) is 123 Å². The first-order chi connectivity index (χ1) is 15.4. The third-order valence-electron chi connectivity index (χ3n) is 5.87. The molecule has 0 spiro atoms. The van der Waals surface area contributed by atoms with E-state index in [0.717, 1.165) is 10.1 Å². The van der Waals surface area contributed by atoms with E-state index in [9.17, 15) is 19.2 Å². The van der Waals surface area contributed by atoms with Crippen molar-refractivity contribution in [1.29, 1.82) is 0 Å². The van der Waals surface area contributed by atoms with E-state index in [0.29, 0.717) is 11.4 Å². The summed E-state index contributed by atoms with van der Waals surface area (Å²) in [6.07, 6.45) is 1.58. The molecule has 0 bridgehead atoms. The summed E-state index contributed by atoms with van der Waals surface area (Å²) in [5.41, 5.74) is -0.948. The zero-order valence-corrected chi connectivity index (χ0v) is 17.4. The molecule has 2 aromatic carbocycles. The van der Waals surface area contributed by atoms with Gasteiger partial charge in [0.15, 0.2) is 5.76 Å². The number of aryl methyl sites for hydroxylation is 2. The summed E-state index contributed by atoms with van der Waals surface area (Å²) in [6, 6.07) is 8.36. The van der Waals surface area contributed by atoms with Crippen LogP contribution in [0.1, 0.15) is 23.0 Å². The number of hydrogen-bond donors (Lipinski definition) is 2. The first-order valence-electron chi connectivity index (χ1n) is 10.0. The van der Waals surface area contributed by atoms with E-state index >= 15 is 0 Å². The van der Waals surface area contributed by atoms with E-state index in [1.165, 1.54) is 6.26 Å². The van der Waals surface area contributed by atoms with Gasteiger partial charge in [-0.3, -0.25) is 23.7 Å². The highest BCUT2D eigenvalue weighted by Gasteiger charge is 2.31. The second-order valence-corrected chi connectivity index (χ2v) is 7.79. The normalized spacial score (nSPS) is 14.4. The summed E-state index contributed by atoms with van der Waals surface area (Å²) in [7, 11) is 0. The third-order valence-corrected chi connectivity index (χ3v) is 5.87. The average Bonchev–Trinajstić information content (AvgIpc) is 3.40. The highest BCUT2D eigenvalue weighted by atomic mass is 16.7. The standard InChI is InChI=1S/C23H19N3O6/c1-11-12(2)25-19-18(24-11)20(27)16-17(21(19)28)23(30)26(22(16)29)14(15-9-31-10-32-15)8-13-6-4-3-5-7-13/h3-7,9,14,24-25H,8,10H2,1-2H3. The lowest BCUT2D eigenvalue weighted by Crippen LogP contribution is -2.33. The van der Waals surface area contributed by atoms with Crippen LogP contribution in [0.25, 0.3) is 21.8 Å². The molecule has 1 aliphatic rings. The Balaban J connectivity index is 1.85. The van der Waals surface area contributed by atoms with Crippen LogP contribution in [-0.4, -0.2) is 21.3 Å². The van der Waals surface area contributed by atoms with Crippen molar-refractivity contribution >= 4 is 21.8 Å². The molecule has 0 saturated heterocycles. The number of rotatable bonds is 4. The molecule has 0 amide bonds. The number of H-pyrrole nitrogens is 2. The van der Waals surface area contributed by atoms with Gasteiger partial charge in [-0.05, 0) is 19.4 Å². The second-order valence-electron chi connectivity index (χ2n) is 7.79. The molecule has 9 nitrogen and oxygen atoms in total. The Bertz CT molecular complexity index is 1540. The van der Waals surface area contributed by atoms with Crippen LogP contribution in [0.4, 0.5) is 0 Å². The Kier molecular flexibility index (Phi) is 4.47. The third kappa shape index (κ3) is 2.85. The molecular weight excluding hydrogens is 414 g/mol. The number of aromatic amines is 2. The minimum atomic E-state index is -0.870. The Morgan fingerprint density at radius 1 is 0.906 bits per heavy atom. The van der Waals surface area contributed by atoms with Gasteiger partial charge in [0.25, 0.3) is 11.1 Å². The van der Waals surface area contributed by atoms with Gasteiger partial charge in [0, 0.05) is 17.8 Å². The molecule has 162 valence electrons. The number of nitrogens with one attached hydrogen (secondary N) is 2. The van der Waals surface area contributed by atoms with Crippen molar-refractivity contribution < 1.29 is 9.47 Å². The van der Waals surface area contributed by atoms with Gasteiger partial charge in [0.1, 0.15) is 34.1 Å². The molecule has 4 aromatic rings. The van der Waals surface area contributed by atoms with Gasteiger partial charge >= 0.3 is 0 Å². The largest absolute Gasteiger partial charge is 0.462 e. The van der Waals surface area contributed by atoms with Gasteiger partial charge in [-0.15, -0.1) is 0 Å². The average molecular weight is 433 g/mol. The van der Waals surface area contributed by atoms with Crippen molar-refractivity contribution in [3.63, 3.8) is 0 Å². The molecule has 1 aliphatic heterocycles. The second kappa shape index (κ2) is 7.23. The summed E-state index contributed by atoms with van der Waals surface area (Å²) in [6.45, 7) is 3.43. The van der Waals surface area contributed by atoms with Crippen LogP contribution >= 0.6 is 0 Å². The number of hydrogen-bond acceptors (Lipinski definition) is 6. The molecule has 32 heavy (non-hydrogen) atoms. The number of ether oxygens (including phenoxy) is 2. The van der Waals surface area contributed by atoms with Crippen LogP contribution in [0, 0.1) is 13.8 Å². The Hall–Kier alpha value is -4.14. The fourth-order valence-electron chi connectivity index (χ4n) is 4.11. The summed E-state index contributed by atoms with van der Waals surface area (Å²) < 4.78 is 11.6.